The number of allylic oxidation sites excluding steroid dienone is 1. The third-order valence-corrected chi connectivity index (χ3v) is 8.49. The largest absolute Gasteiger partial charge is 0.457 e. The van der Waals surface area contributed by atoms with Crippen molar-refractivity contribution in [2.75, 3.05) is 0 Å². The van der Waals surface area contributed by atoms with Gasteiger partial charge in [0.15, 0.2) is 5.78 Å². The van der Waals surface area contributed by atoms with Crippen LogP contribution in [0.25, 0.3) is 0 Å². The number of ether oxygens (including phenoxy) is 1. The summed E-state index contributed by atoms with van der Waals surface area (Å²) in [7, 11) is 0. The maximum Gasteiger partial charge on any atom is 0.303 e. The molecule has 1 fully saturated rings. The number of nitrogens with one attached hydrogen (secondary N) is 1. The van der Waals surface area contributed by atoms with E-state index in [2.05, 4.69) is 5.32 Å². The summed E-state index contributed by atoms with van der Waals surface area (Å²) in [6.45, 7) is 8.20. The first-order valence-corrected chi connectivity index (χ1v) is 12.9. The minimum absolute atomic E-state index is 0.314. The zero-order chi connectivity index (χ0) is 27.1. The highest BCUT2D eigenvalue weighted by Gasteiger charge is 2.67. The highest BCUT2D eigenvalue weighted by atomic mass is 16.5. The average molecular weight is 508 g/mol. The van der Waals surface area contributed by atoms with Crippen molar-refractivity contribution in [3.63, 3.8) is 0 Å². The van der Waals surface area contributed by atoms with Crippen LogP contribution in [0.4, 0.5) is 0 Å². The Bertz CT molecular complexity index is 1170. The van der Waals surface area contributed by atoms with Crippen LogP contribution in [-0.2, 0) is 25.5 Å². The highest BCUT2D eigenvalue weighted by molar-refractivity contribution is 5.91. The Morgan fingerprint density at radius 2 is 1.81 bits per heavy atom. The van der Waals surface area contributed by atoms with Crippen molar-refractivity contribution >= 4 is 17.7 Å². The van der Waals surface area contributed by atoms with Crippen molar-refractivity contribution in [1.29, 1.82) is 0 Å². The Morgan fingerprint density at radius 1 is 1.14 bits per heavy atom. The number of benzene rings is 1. The van der Waals surface area contributed by atoms with Crippen molar-refractivity contribution in [2.45, 2.75) is 71.3 Å². The van der Waals surface area contributed by atoms with Crippen LogP contribution in [-0.4, -0.2) is 51.7 Å². The standard InChI is InChI=1S/C30H37NO6/c1-17-10-9-13-22-26(33)19(3)18(2)25-23(16-21-11-7-6-8-12-21)31-28(35)30(22,25)24(37-20(4)32)14-15-29(5,36)27(17)34/h6-9,11-15,17,22-26,33,36H,10,16H2,1-5H3,(H,31,35)/b13-9+,15-14+/t17-,22+,23+,24+,25+,26-,29-,30-/m1/s1. The van der Waals surface area contributed by atoms with Crippen LogP contribution in [0.2, 0.25) is 0 Å². The lowest BCUT2D eigenvalue weighted by Gasteiger charge is -2.49. The SMILES string of the molecule is CC(=O)O[C@H]1/C=C/[C@@](C)(O)C(=O)[C@H](C)C/C=C/[C@H]2[C@H](O)C(C)=C(C)[C@H]3[C@H](Cc4ccccc4)NC(=O)[C@@]123. The minimum atomic E-state index is -1.82. The van der Waals surface area contributed by atoms with E-state index in [1.165, 1.54) is 26.0 Å². The molecular formula is C30H37NO6. The van der Waals surface area contributed by atoms with E-state index in [1.807, 2.05) is 44.2 Å². The lowest BCUT2D eigenvalue weighted by atomic mass is 9.54. The van der Waals surface area contributed by atoms with Crippen molar-refractivity contribution < 1.29 is 29.3 Å². The molecule has 1 aromatic rings. The molecule has 3 aliphatic rings. The molecule has 4 rings (SSSR count). The minimum Gasteiger partial charge on any atom is -0.457 e. The second-order valence-electron chi connectivity index (χ2n) is 11.0. The van der Waals surface area contributed by atoms with Gasteiger partial charge in [0.2, 0.25) is 5.91 Å². The first-order chi connectivity index (χ1) is 17.4. The highest BCUT2D eigenvalue weighted by Crippen LogP contribution is 2.57. The Labute approximate surface area is 218 Å². The van der Waals surface area contributed by atoms with E-state index in [4.69, 9.17) is 4.74 Å². The first kappa shape index (κ1) is 27.0. The van der Waals surface area contributed by atoms with Crippen LogP contribution >= 0.6 is 0 Å². The Kier molecular flexibility index (Phi) is 7.32. The molecule has 1 aromatic carbocycles. The third kappa shape index (κ3) is 4.59. The van der Waals surface area contributed by atoms with Gasteiger partial charge in [-0.15, -0.1) is 0 Å². The third-order valence-electron chi connectivity index (χ3n) is 8.49. The predicted octanol–water partition coefficient (Wildman–Crippen LogP) is 3.06. The molecule has 37 heavy (non-hydrogen) atoms. The number of amides is 1. The molecule has 0 radical (unpaired) electrons. The van der Waals surface area contributed by atoms with Crippen molar-refractivity contribution in [1.82, 2.24) is 5.32 Å². The van der Waals surface area contributed by atoms with Crippen molar-refractivity contribution in [3.8, 4) is 0 Å². The maximum atomic E-state index is 14.2. The van der Waals surface area contributed by atoms with Crippen molar-refractivity contribution in [3.05, 3.63) is 71.3 Å². The number of aliphatic hydroxyl groups is 2. The van der Waals surface area contributed by atoms with E-state index in [-0.39, 0.29) is 17.7 Å². The number of esters is 1. The zero-order valence-corrected chi connectivity index (χ0v) is 22.1. The topological polar surface area (TPSA) is 113 Å². The van der Waals surface area contributed by atoms with Gasteiger partial charge in [-0.25, -0.2) is 0 Å². The number of Topliss-reactive ketones (excluding diaryl/α,β-unsaturated/α-hetero) is 1. The summed E-state index contributed by atoms with van der Waals surface area (Å²) in [6, 6.07) is 9.52. The quantitative estimate of drug-likeness (QED) is 0.428. The summed E-state index contributed by atoms with van der Waals surface area (Å²) in [5.41, 5.74) is -0.500. The Hall–Kier alpha value is -3.03. The fraction of sp³-hybridized carbons (Fsp3) is 0.500. The Balaban J connectivity index is 1.96. The van der Waals surface area contributed by atoms with E-state index in [9.17, 15) is 24.6 Å². The second kappa shape index (κ2) is 10.0. The summed E-state index contributed by atoms with van der Waals surface area (Å²) in [5.74, 6) is -2.92. The van der Waals surface area contributed by atoms with E-state index in [0.717, 1.165) is 16.7 Å². The lowest BCUT2D eigenvalue weighted by Crippen LogP contribution is -2.58. The number of carbonyl (C=O) groups excluding carboxylic acids is 3. The molecule has 3 N–H and O–H groups in total. The number of aliphatic hydroxyl groups excluding tert-OH is 1. The predicted molar refractivity (Wildman–Crippen MR) is 139 cm³/mol. The van der Waals surface area contributed by atoms with E-state index in [1.54, 1.807) is 19.1 Å². The Morgan fingerprint density at radius 3 is 2.46 bits per heavy atom. The maximum absolute atomic E-state index is 14.2. The molecule has 0 aromatic heterocycles. The molecule has 0 bridgehead atoms. The van der Waals surface area contributed by atoms with Crippen LogP contribution in [0.3, 0.4) is 0 Å². The number of carbonyl (C=O) groups is 3. The summed E-state index contributed by atoms with van der Waals surface area (Å²) in [6.07, 6.45) is 5.17. The van der Waals surface area contributed by atoms with Gasteiger partial charge in [0.25, 0.3) is 0 Å². The van der Waals surface area contributed by atoms with Gasteiger partial charge in [-0.05, 0) is 56.9 Å². The molecule has 1 amide bonds. The van der Waals surface area contributed by atoms with Crippen molar-refractivity contribution in [2.24, 2.45) is 23.2 Å². The molecule has 0 saturated carbocycles. The summed E-state index contributed by atoms with van der Waals surface area (Å²) >= 11 is 0. The van der Waals surface area contributed by atoms with Crippen LogP contribution in [0.5, 0.6) is 0 Å². The summed E-state index contributed by atoms with van der Waals surface area (Å²) in [4.78, 5) is 39.5. The molecule has 0 unspecified atom stereocenters. The van der Waals surface area contributed by atoms with Crippen LogP contribution in [0.15, 0.2) is 65.8 Å². The molecule has 1 aliphatic heterocycles. The molecule has 1 saturated heterocycles. The van der Waals surface area contributed by atoms with Gasteiger partial charge >= 0.3 is 5.97 Å². The number of rotatable bonds is 3. The molecule has 198 valence electrons. The van der Waals surface area contributed by atoms with Gasteiger partial charge in [0.1, 0.15) is 17.1 Å². The van der Waals surface area contributed by atoms with Crippen LogP contribution < -0.4 is 5.32 Å². The fourth-order valence-electron chi connectivity index (χ4n) is 6.54. The lowest BCUT2D eigenvalue weighted by molar-refractivity contribution is -0.161. The molecule has 1 heterocycles. The van der Waals surface area contributed by atoms with Crippen LogP contribution in [0.1, 0.15) is 46.6 Å². The normalized spacial score (nSPS) is 39.6. The van der Waals surface area contributed by atoms with Gasteiger partial charge in [0, 0.05) is 30.7 Å². The monoisotopic (exact) mass is 507 g/mol. The molecule has 8 atom stereocenters. The molecule has 2 aliphatic carbocycles. The number of hydrogen-bond acceptors (Lipinski definition) is 6. The number of hydrogen-bond donors (Lipinski definition) is 3. The first-order valence-electron chi connectivity index (χ1n) is 12.9. The molecular weight excluding hydrogens is 470 g/mol. The molecule has 1 spiro atoms. The van der Waals surface area contributed by atoms with E-state index < -0.39 is 46.9 Å². The van der Waals surface area contributed by atoms with Gasteiger partial charge < -0.3 is 20.3 Å². The average Bonchev–Trinajstić information content (AvgIpc) is 3.13. The fourth-order valence-corrected chi connectivity index (χ4v) is 6.54. The zero-order valence-electron chi connectivity index (χ0n) is 22.1. The van der Waals surface area contributed by atoms with Gasteiger partial charge in [0.05, 0.1) is 6.10 Å². The van der Waals surface area contributed by atoms with Gasteiger partial charge in [-0.1, -0.05) is 55.0 Å². The smallest absolute Gasteiger partial charge is 0.303 e. The van der Waals surface area contributed by atoms with Gasteiger partial charge in [-0.3, -0.25) is 14.4 Å². The van der Waals surface area contributed by atoms with E-state index >= 15 is 0 Å². The van der Waals surface area contributed by atoms with E-state index in [0.29, 0.717) is 12.8 Å². The molecule has 7 heteroatoms. The van der Waals surface area contributed by atoms with Gasteiger partial charge in [-0.2, -0.15) is 0 Å². The summed E-state index contributed by atoms with van der Waals surface area (Å²) < 4.78 is 5.82. The second-order valence-corrected chi connectivity index (χ2v) is 11.0. The number of ketones is 1. The summed E-state index contributed by atoms with van der Waals surface area (Å²) in [5, 5.41) is 25.7. The van der Waals surface area contributed by atoms with Crippen LogP contribution in [0, 0.1) is 23.2 Å². The molecule has 7 nitrogen and oxygen atoms in total.